The molecule has 0 spiro atoms. The van der Waals surface area contributed by atoms with Gasteiger partial charge in [-0.25, -0.2) is 9.97 Å². The molecule has 1 unspecified atom stereocenters. The molecule has 0 aromatic carbocycles. The van der Waals surface area contributed by atoms with Gasteiger partial charge in [0.25, 0.3) is 0 Å². The topological polar surface area (TPSA) is 83.4 Å². The van der Waals surface area contributed by atoms with E-state index in [0.29, 0.717) is 32.4 Å². The number of amides is 1. The summed E-state index contributed by atoms with van der Waals surface area (Å²) in [7, 11) is 0. The zero-order valence-corrected chi connectivity index (χ0v) is 13.9. The third-order valence-corrected chi connectivity index (χ3v) is 4.61. The number of aryl methyl sites for hydroxylation is 2. The Morgan fingerprint density at radius 3 is 2.45 bits per heavy atom. The van der Waals surface area contributed by atoms with Crippen molar-refractivity contribution in [2.24, 2.45) is 5.92 Å². The third kappa shape index (κ3) is 3.76. The van der Waals surface area contributed by atoms with Crippen LogP contribution in [0, 0.1) is 19.8 Å². The number of carbonyl (C=O) groups excluding carboxylic acids is 1. The fraction of sp³-hybridized carbons (Fsp3) is 0.600. The molecule has 0 aliphatic carbocycles. The average Bonchev–Trinajstić information content (AvgIpc) is 2.96. The summed E-state index contributed by atoms with van der Waals surface area (Å²) in [5.74, 6) is -1.23. The summed E-state index contributed by atoms with van der Waals surface area (Å²) < 4.78 is 0. The second-order valence-electron chi connectivity index (χ2n) is 5.52. The molecule has 0 radical (unpaired) electrons. The minimum atomic E-state index is -0.817. The number of carbonyl (C=O) groups is 2. The normalized spacial score (nSPS) is 17.8. The quantitative estimate of drug-likeness (QED) is 0.656. The Bertz CT molecular complexity index is 568. The lowest BCUT2D eigenvalue weighted by Crippen LogP contribution is -2.30. The molecule has 1 aliphatic heterocycles. The van der Waals surface area contributed by atoms with Gasteiger partial charge in [0.15, 0.2) is 5.16 Å². The van der Waals surface area contributed by atoms with Gasteiger partial charge in [-0.2, -0.15) is 0 Å². The lowest BCUT2D eigenvalue weighted by Gasteiger charge is -2.16. The van der Waals surface area contributed by atoms with Crippen LogP contribution >= 0.6 is 11.8 Å². The summed E-state index contributed by atoms with van der Waals surface area (Å²) in [6.07, 6.45) is 3.45. The van der Waals surface area contributed by atoms with E-state index in [4.69, 9.17) is 5.11 Å². The van der Waals surface area contributed by atoms with E-state index in [0.717, 1.165) is 22.1 Å². The zero-order chi connectivity index (χ0) is 16.3. The van der Waals surface area contributed by atoms with Crippen molar-refractivity contribution in [1.82, 2.24) is 14.9 Å². The predicted molar refractivity (Wildman–Crippen MR) is 83.9 cm³/mol. The third-order valence-electron chi connectivity index (χ3n) is 4.06. The lowest BCUT2D eigenvalue weighted by molar-refractivity contribution is -0.141. The Balaban J connectivity index is 1.96. The molecule has 1 N–H and O–H groups in total. The van der Waals surface area contributed by atoms with Crippen molar-refractivity contribution in [3.63, 3.8) is 0 Å². The second-order valence-corrected chi connectivity index (χ2v) is 6.30. The van der Waals surface area contributed by atoms with Gasteiger partial charge in [-0.1, -0.05) is 11.8 Å². The van der Waals surface area contributed by atoms with Crippen LogP contribution in [0.25, 0.3) is 0 Å². The van der Waals surface area contributed by atoms with Crippen LogP contribution in [-0.4, -0.2) is 51.2 Å². The average molecular weight is 323 g/mol. The van der Waals surface area contributed by atoms with Crippen molar-refractivity contribution in [2.75, 3.05) is 19.3 Å². The summed E-state index contributed by atoms with van der Waals surface area (Å²) in [5.41, 5.74) is 2.84. The highest BCUT2D eigenvalue weighted by molar-refractivity contribution is 7.98. The largest absolute Gasteiger partial charge is 0.481 e. The summed E-state index contributed by atoms with van der Waals surface area (Å²) >= 11 is 1.50. The van der Waals surface area contributed by atoms with Crippen LogP contribution in [0.2, 0.25) is 0 Å². The highest BCUT2D eigenvalue weighted by atomic mass is 32.2. The summed E-state index contributed by atoms with van der Waals surface area (Å²) in [4.78, 5) is 33.6. The van der Waals surface area contributed by atoms with Gasteiger partial charge in [0.05, 0.1) is 5.92 Å². The molecule has 1 saturated heterocycles. The van der Waals surface area contributed by atoms with Gasteiger partial charge in [-0.05, 0) is 38.5 Å². The molecule has 120 valence electrons. The summed E-state index contributed by atoms with van der Waals surface area (Å²) in [6, 6.07) is 0. The minimum absolute atomic E-state index is 0.0106. The molecule has 22 heavy (non-hydrogen) atoms. The van der Waals surface area contributed by atoms with Crippen LogP contribution in [-0.2, 0) is 16.0 Å². The van der Waals surface area contributed by atoms with Gasteiger partial charge in [0.1, 0.15) is 0 Å². The zero-order valence-electron chi connectivity index (χ0n) is 13.1. The van der Waals surface area contributed by atoms with Crippen LogP contribution in [0.4, 0.5) is 0 Å². The molecule has 1 aliphatic rings. The summed E-state index contributed by atoms with van der Waals surface area (Å²) in [5, 5.41) is 9.73. The van der Waals surface area contributed by atoms with Gasteiger partial charge in [0.2, 0.25) is 5.91 Å². The SMILES string of the molecule is CSc1nc(C)c(CCC(=O)N2CCC(C(=O)O)C2)c(C)n1. The van der Waals surface area contributed by atoms with Gasteiger partial charge in [-0.15, -0.1) is 0 Å². The smallest absolute Gasteiger partial charge is 0.308 e. The second kappa shape index (κ2) is 7.09. The van der Waals surface area contributed by atoms with E-state index in [2.05, 4.69) is 9.97 Å². The fourth-order valence-electron chi connectivity index (χ4n) is 2.74. The minimum Gasteiger partial charge on any atom is -0.481 e. The molecule has 1 atom stereocenters. The van der Waals surface area contributed by atoms with Crippen molar-refractivity contribution in [1.29, 1.82) is 0 Å². The van der Waals surface area contributed by atoms with Gasteiger partial charge in [-0.3, -0.25) is 9.59 Å². The van der Waals surface area contributed by atoms with Crippen LogP contribution < -0.4 is 0 Å². The van der Waals surface area contributed by atoms with Gasteiger partial charge < -0.3 is 10.0 Å². The maximum absolute atomic E-state index is 12.2. The van der Waals surface area contributed by atoms with Crippen molar-refractivity contribution in [2.45, 2.75) is 38.3 Å². The molecule has 2 rings (SSSR count). The monoisotopic (exact) mass is 323 g/mol. The lowest BCUT2D eigenvalue weighted by atomic mass is 10.1. The Kier molecular flexibility index (Phi) is 5.39. The number of rotatable bonds is 5. The molecular weight excluding hydrogens is 302 g/mol. The maximum atomic E-state index is 12.2. The molecule has 1 fully saturated rings. The molecule has 7 heteroatoms. The number of nitrogens with zero attached hydrogens (tertiary/aromatic N) is 3. The number of hydrogen-bond acceptors (Lipinski definition) is 5. The first-order chi connectivity index (χ1) is 10.4. The first-order valence-electron chi connectivity index (χ1n) is 7.31. The first-order valence-corrected chi connectivity index (χ1v) is 8.53. The molecule has 1 amide bonds. The molecule has 2 heterocycles. The van der Waals surface area contributed by atoms with E-state index in [1.54, 1.807) is 4.90 Å². The van der Waals surface area contributed by atoms with Crippen molar-refractivity contribution >= 4 is 23.6 Å². The van der Waals surface area contributed by atoms with Crippen LogP contribution in [0.5, 0.6) is 0 Å². The van der Waals surface area contributed by atoms with E-state index in [1.807, 2.05) is 20.1 Å². The number of carboxylic acids is 1. The Labute approximate surface area is 134 Å². The van der Waals surface area contributed by atoms with Crippen LogP contribution in [0.1, 0.15) is 29.8 Å². The van der Waals surface area contributed by atoms with Crippen molar-refractivity contribution < 1.29 is 14.7 Å². The van der Waals surface area contributed by atoms with E-state index in [9.17, 15) is 9.59 Å². The fourth-order valence-corrected chi connectivity index (χ4v) is 3.20. The highest BCUT2D eigenvalue weighted by Crippen LogP contribution is 2.20. The molecule has 0 saturated carbocycles. The van der Waals surface area contributed by atoms with E-state index in [1.165, 1.54) is 11.8 Å². The number of likely N-dealkylation sites (tertiary alicyclic amines) is 1. The molecule has 0 bridgehead atoms. The number of hydrogen-bond donors (Lipinski definition) is 1. The number of aliphatic carboxylic acids is 1. The maximum Gasteiger partial charge on any atom is 0.308 e. The predicted octanol–water partition coefficient (Wildman–Crippen LogP) is 1.68. The summed E-state index contributed by atoms with van der Waals surface area (Å²) in [6.45, 7) is 4.73. The van der Waals surface area contributed by atoms with Crippen LogP contribution in [0.15, 0.2) is 5.16 Å². The number of thioether (sulfide) groups is 1. The van der Waals surface area contributed by atoms with E-state index < -0.39 is 11.9 Å². The van der Waals surface area contributed by atoms with Crippen LogP contribution in [0.3, 0.4) is 0 Å². The highest BCUT2D eigenvalue weighted by Gasteiger charge is 2.30. The van der Waals surface area contributed by atoms with Gasteiger partial charge >= 0.3 is 5.97 Å². The van der Waals surface area contributed by atoms with Crippen molar-refractivity contribution in [3.05, 3.63) is 17.0 Å². The first kappa shape index (κ1) is 16.7. The Hall–Kier alpha value is -1.63. The molecule has 6 nitrogen and oxygen atoms in total. The Morgan fingerprint density at radius 1 is 1.32 bits per heavy atom. The molecule has 1 aromatic heterocycles. The van der Waals surface area contributed by atoms with Gasteiger partial charge in [0, 0.05) is 30.9 Å². The molecular formula is C15H21N3O3S. The molecule has 1 aromatic rings. The Morgan fingerprint density at radius 2 is 1.95 bits per heavy atom. The standard InChI is InChI=1S/C15H21N3O3S/c1-9-12(10(2)17-15(16-9)22-3)4-5-13(19)18-7-6-11(8-18)14(20)21/h11H,4-8H2,1-3H3,(H,20,21). The van der Waals surface area contributed by atoms with E-state index >= 15 is 0 Å². The van der Waals surface area contributed by atoms with E-state index in [-0.39, 0.29) is 5.91 Å². The van der Waals surface area contributed by atoms with Crippen molar-refractivity contribution in [3.8, 4) is 0 Å². The number of aromatic nitrogens is 2. The number of carboxylic acid groups (broad SMARTS) is 1.